The van der Waals surface area contributed by atoms with E-state index in [0.29, 0.717) is 11.3 Å². The molecule has 0 bridgehead atoms. The van der Waals surface area contributed by atoms with E-state index in [0.717, 1.165) is 6.07 Å². The van der Waals surface area contributed by atoms with Gasteiger partial charge < -0.3 is 10.6 Å². The normalized spacial score (nSPS) is 11.3. The first-order valence-corrected chi connectivity index (χ1v) is 8.09. The van der Waals surface area contributed by atoms with Crippen molar-refractivity contribution in [2.45, 2.75) is 19.6 Å². The number of aryl methyl sites for hydroxylation is 1. The Kier molecular flexibility index (Phi) is 5.25. The molecule has 0 unspecified atom stereocenters. The predicted octanol–water partition coefficient (Wildman–Crippen LogP) is 5.30. The van der Waals surface area contributed by atoms with Crippen molar-refractivity contribution in [1.29, 1.82) is 0 Å². The zero-order valence-electron chi connectivity index (χ0n) is 14.3. The number of benzene rings is 2. The smallest absolute Gasteiger partial charge is 0.350 e. The zero-order valence-corrected chi connectivity index (χ0v) is 14.3. The van der Waals surface area contributed by atoms with Crippen molar-refractivity contribution < 1.29 is 17.6 Å². The van der Waals surface area contributed by atoms with E-state index in [2.05, 4.69) is 20.6 Å². The predicted molar refractivity (Wildman–Crippen MR) is 95.2 cm³/mol. The summed E-state index contributed by atoms with van der Waals surface area (Å²) in [4.78, 5) is 8.36. The lowest BCUT2D eigenvalue weighted by molar-refractivity contribution is -0.136. The minimum absolute atomic E-state index is 0.108. The number of aromatic nitrogens is 2. The Labute approximate surface area is 153 Å². The van der Waals surface area contributed by atoms with Gasteiger partial charge >= 0.3 is 6.18 Å². The van der Waals surface area contributed by atoms with Gasteiger partial charge in [0.1, 0.15) is 11.6 Å². The second kappa shape index (κ2) is 7.61. The number of anilines is 3. The summed E-state index contributed by atoms with van der Waals surface area (Å²) in [5, 5.41) is 5.57. The summed E-state index contributed by atoms with van der Waals surface area (Å²) >= 11 is 0. The molecular formula is C19H16F4N4. The number of nitrogens with zero attached hydrogens (tertiary/aromatic N) is 2. The molecule has 0 aliphatic carbocycles. The second-order valence-corrected chi connectivity index (χ2v) is 5.83. The fourth-order valence-corrected chi connectivity index (χ4v) is 2.50. The molecule has 8 heteroatoms. The van der Waals surface area contributed by atoms with Crippen LogP contribution < -0.4 is 10.6 Å². The summed E-state index contributed by atoms with van der Waals surface area (Å²) in [5.74, 6) is 0.0237. The molecule has 140 valence electrons. The number of hydrogen-bond donors (Lipinski definition) is 2. The molecule has 0 fully saturated rings. The highest BCUT2D eigenvalue weighted by molar-refractivity contribution is 5.62. The van der Waals surface area contributed by atoms with Crippen LogP contribution in [-0.4, -0.2) is 9.97 Å². The van der Waals surface area contributed by atoms with E-state index in [-0.39, 0.29) is 29.8 Å². The summed E-state index contributed by atoms with van der Waals surface area (Å²) in [6.45, 7) is 1.84. The van der Waals surface area contributed by atoms with Crippen molar-refractivity contribution in [3.05, 3.63) is 77.2 Å². The van der Waals surface area contributed by atoms with Gasteiger partial charge in [-0.05, 0) is 25.1 Å². The lowest BCUT2D eigenvalue weighted by atomic mass is 10.1. The maximum atomic E-state index is 13.7. The van der Waals surface area contributed by atoms with Gasteiger partial charge in [-0.25, -0.2) is 9.37 Å². The van der Waals surface area contributed by atoms with Crippen molar-refractivity contribution in [2.24, 2.45) is 0 Å². The topological polar surface area (TPSA) is 49.8 Å². The largest absolute Gasteiger partial charge is 0.418 e. The number of nitrogens with one attached hydrogen (secondary N) is 2. The first-order chi connectivity index (χ1) is 12.8. The minimum Gasteiger partial charge on any atom is -0.350 e. The van der Waals surface area contributed by atoms with E-state index >= 15 is 0 Å². The number of para-hydroxylation sites is 1. The van der Waals surface area contributed by atoms with Gasteiger partial charge in [0.25, 0.3) is 0 Å². The molecule has 0 aliphatic heterocycles. The van der Waals surface area contributed by atoms with Crippen molar-refractivity contribution in [2.75, 3.05) is 10.6 Å². The van der Waals surface area contributed by atoms with Crippen LogP contribution in [0.3, 0.4) is 0 Å². The Balaban J connectivity index is 1.81. The van der Waals surface area contributed by atoms with E-state index in [4.69, 9.17) is 0 Å². The van der Waals surface area contributed by atoms with Gasteiger partial charge in [0.15, 0.2) is 0 Å². The van der Waals surface area contributed by atoms with Crippen LogP contribution >= 0.6 is 0 Å². The van der Waals surface area contributed by atoms with Crippen LogP contribution in [0.2, 0.25) is 0 Å². The molecule has 0 atom stereocenters. The number of rotatable bonds is 5. The van der Waals surface area contributed by atoms with Crippen LogP contribution in [0, 0.1) is 12.7 Å². The maximum absolute atomic E-state index is 13.7. The molecule has 0 spiro atoms. The molecule has 0 saturated heterocycles. The highest BCUT2D eigenvalue weighted by Crippen LogP contribution is 2.35. The fourth-order valence-electron chi connectivity index (χ4n) is 2.50. The van der Waals surface area contributed by atoms with Crippen LogP contribution in [0.25, 0.3) is 0 Å². The fraction of sp³-hybridized carbons (Fsp3) is 0.158. The molecule has 2 N–H and O–H groups in total. The molecule has 2 aromatic carbocycles. The summed E-state index contributed by atoms with van der Waals surface area (Å²) < 4.78 is 53.1. The molecule has 27 heavy (non-hydrogen) atoms. The Morgan fingerprint density at radius 1 is 0.963 bits per heavy atom. The Morgan fingerprint density at radius 2 is 1.67 bits per heavy atom. The third kappa shape index (κ3) is 4.72. The van der Waals surface area contributed by atoms with Gasteiger partial charge in [0.2, 0.25) is 5.95 Å². The van der Waals surface area contributed by atoms with Gasteiger partial charge in [0, 0.05) is 23.9 Å². The number of hydrogen-bond acceptors (Lipinski definition) is 4. The molecule has 1 heterocycles. The Morgan fingerprint density at radius 3 is 2.41 bits per heavy atom. The van der Waals surface area contributed by atoms with Gasteiger partial charge in [-0.1, -0.05) is 30.3 Å². The maximum Gasteiger partial charge on any atom is 0.418 e. The van der Waals surface area contributed by atoms with Crippen LogP contribution in [0.1, 0.15) is 16.8 Å². The Hall–Kier alpha value is -3.16. The first-order valence-electron chi connectivity index (χ1n) is 8.09. The van der Waals surface area contributed by atoms with Gasteiger partial charge in [0.05, 0.1) is 11.3 Å². The van der Waals surface area contributed by atoms with Gasteiger partial charge in [-0.15, -0.1) is 0 Å². The lowest BCUT2D eigenvalue weighted by Gasteiger charge is -2.15. The molecule has 3 aromatic rings. The minimum atomic E-state index is -4.49. The molecule has 0 saturated carbocycles. The van der Waals surface area contributed by atoms with Crippen molar-refractivity contribution in [3.8, 4) is 0 Å². The second-order valence-electron chi connectivity index (χ2n) is 5.83. The van der Waals surface area contributed by atoms with Crippen molar-refractivity contribution in [3.63, 3.8) is 0 Å². The number of alkyl halides is 3. The monoisotopic (exact) mass is 376 g/mol. The van der Waals surface area contributed by atoms with E-state index in [9.17, 15) is 17.6 Å². The van der Waals surface area contributed by atoms with Crippen LogP contribution in [0.5, 0.6) is 0 Å². The molecule has 1 aromatic heterocycles. The van der Waals surface area contributed by atoms with E-state index in [1.807, 2.05) is 0 Å². The van der Waals surface area contributed by atoms with Crippen molar-refractivity contribution >= 4 is 17.5 Å². The SMILES string of the molecule is Cc1cc(Nc2ccccc2C(F)(F)F)nc(NCc2ccccc2F)n1. The molecule has 4 nitrogen and oxygen atoms in total. The summed E-state index contributed by atoms with van der Waals surface area (Å²) in [7, 11) is 0. The average molecular weight is 376 g/mol. The number of halogens is 4. The van der Waals surface area contributed by atoms with Crippen LogP contribution in [-0.2, 0) is 12.7 Å². The molecular weight excluding hydrogens is 360 g/mol. The molecule has 0 amide bonds. The Bertz CT molecular complexity index is 941. The third-order valence-corrected chi connectivity index (χ3v) is 3.74. The highest BCUT2D eigenvalue weighted by atomic mass is 19.4. The standard InChI is InChI=1S/C19H16F4N4/c1-12-10-17(26-16-9-5-3-7-14(16)19(21,22)23)27-18(25-12)24-11-13-6-2-4-8-15(13)20/h2-10H,11H2,1H3,(H2,24,25,26,27). The van der Waals surface area contributed by atoms with Gasteiger partial charge in [-0.2, -0.15) is 18.2 Å². The lowest BCUT2D eigenvalue weighted by Crippen LogP contribution is -2.10. The summed E-state index contributed by atoms with van der Waals surface area (Å²) in [6, 6.07) is 12.9. The molecule has 0 radical (unpaired) electrons. The van der Waals surface area contributed by atoms with E-state index in [1.54, 1.807) is 25.1 Å². The van der Waals surface area contributed by atoms with E-state index in [1.165, 1.54) is 30.3 Å². The van der Waals surface area contributed by atoms with Gasteiger partial charge in [-0.3, -0.25) is 0 Å². The van der Waals surface area contributed by atoms with E-state index < -0.39 is 11.7 Å². The van der Waals surface area contributed by atoms with Crippen molar-refractivity contribution in [1.82, 2.24) is 9.97 Å². The quantitative estimate of drug-likeness (QED) is 0.594. The first kappa shape index (κ1) is 18.6. The van der Waals surface area contributed by atoms with Crippen LogP contribution in [0.15, 0.2) is 54.6 Å². The van der Waals surface area contributed by atoms with Crippen LogP contribution in [0.4, 0.5) is 35.0 Å². The molecule has 3 rings (SSSR count). The summed E-state index contributed by atoms with van der Waals surface area (Å²) in [5.41, 5.74) is 0.0813. The average Bonchev–Trinajstić information content (AvgIpc) is 2.60. The summed E-state index contributed by atoms with van der Waals surface area (Å²) in [6.07, 6.45) is -4.49. The highest BCUT2D eigenvalue weighted by Gasteiger charge is 2.33. The molecule has 0 aliphatic rings. The zero-order chi connectivity index (χ0) is 19.4. The third-order valence-electron chi connectivity index (χ3n) is 3.74.